The summed E-state index contributed by atoms with van der Waals surface area (Å²) in [5.41, 5.74) is 7.74. The number of carbonyl (C=O) groups is 1. The predicted molar refractivity (Wildman–Crippen MR) is 66.3 cm³/mol. The van der Waals surface area contributed by atoms with E-state index in [1.54, 1.807) is 7.05 Å². The summed E-state index contributed by atoms with van der Waals surface area (Å²) in [6.45, 7) is 1.27. The van der Waals surface area contributed by atoms with Crippen molar-refractivity contribution in [1.82, 2.24) is 5.32 Å². The highest BCUT2D eigenvalue weighted by Gasteiger charge is 2.03. The molecule has 0 saturated heterocycles. The lowest BCUT2D eigenvalue weighted by atomic mass is 10.2. The van der Waals surface area contributed by atoms with Crippen LogP contribution in [-0.2, 0) is 11.3 Å². The van der Waals surface area contributed by atoms with Crippen LogP contribution >= 0.6 is 0 Å². The highest BCUT2D eigenvalue weighted by Crippen LogP contribution is 2.13. The summed E-state index contributed by atoms with van der Waals surface area (Å²) < 4.78 is 0. The van der Waals surface area contributed by atoms with Gasteiger partial charge in [0.25, 0.3) is 0 Å². The molecule has 0 saturated carbocycles. The smallest absolute Gasteiger partial charge is 0.221 e. The number of anilines is 1. The van der Waals surface area contributed by atoms with Crippen LogP contribution in [0.15, 0.2) is 24.3 Å². The number of hydrogen-bond donors (Lipinski definition) is 2. The molecule has 4 nitrogen and oxygen atoms in total. The Kier molecular flexibility index (Phi) is 4.79. The number of carbonyl (C=O) groups excluding carboxylic acids is 1. The number of amides is 1. The SMILES string of the molecule is CNC(=O)CCN(C)c1ccc(CN)cc1. The minimum Gasteiger partial charge on any atom is -0.374 e. The minimum atomic E-state index is 0.0606. The highest BCUT2D eigenvalue weighted by molar-refractivity contribution is 5.76. The maximum Gasteiger partial charge on any atom is 0.221 e. The first-order chi connectivity index (χ1) is 7.67. The Morgan fingerprint density at radius 3 is 2.50 bits per heavy atom. The van der Waals surface area contributed by atoms with E-state index in [0.717, 1.165) is 11.3 Å². The zero-order valence-electron chi connectivity index (χ0n) is 9.86. The van der Waals surface area contributed by atoms with Crippen LogP contribution in [-0.4, -0.2) is 26.5 Å². The second-order valence-corrected chi connectivity index (χ2v) is 3.72. The Labute approximate surface area is 96.4 Å². The van der Waals surface area contributed by atoms with Crippen LogP contribution in [0, 0.1) is 0 Å². The van der Waals surface area contributed by atoms with Crippen molar-refractivity contribution in [2.24, 2.45) is 5.73 Å². The topological polar surface area (TPSA) is 58.4 Å². The van der Waals surface area contributed by atoms with Crippen LogP contribution in [0.4, 0.5) is 5.69 Å². The molecule has 0 bridgehead atoms. The van der Waals surface area contributed by atoms with Crippen molar-refractivity contribution >= 4 is 11.6 Å². The van der Waals surface area contributed by atoms with Gasteiger partial charge in [0.2, 0.25) is 5.91 Å². The molecule has 0 spiro atoms. The van der Waals surface area contributed by atoms with E-state index >= 15 is 0 Å². The molecule has 0 radical (unpaired) electrons. The zero-order valence-corrected chi connectivity index (χ0v) is 9.86. The van der Waals surface area contributed by atoms with Crippen LogP contribution in [0.25, 0.3) is 0 Å². The maximum atomic E-state index is 11.1. The van der Waals surface area contributed by atoms with E-state index < -0.39 is 0 Å². The fourth-order valence-electron chi connectivity index (χ4n) is 1.41. The lowest BCUT2D eigenvalue weighted by Crippen LogP contribution is -2.26. The van der Waals surface area contributed by atoms with Crippen molar-refractivity contribution in [3.05, 3.63) is 29.8 Å². The first kappa shape index (κ1) is 12.5. The molecule has 3 N–H and O–H groups in total. The minimum absolute atomic E-state index is 0.0606. The van der Waals surface area contributed by atoms with Gasteiger partial charge in [-0.1, -0.05) is 12.1 Å². The number of hydrogen-bond acceptors (Lipinski definition) is 3. The molecular formula is C12H19N3O. The lowest BCUT2D eigenvalue weighted by molar-refractivity contribution is -0.120. The molecule has 0 aliphatic heterocycles. The van der Waals surface area contributed by atoms with Crippen molar-refractivity contribution in [2.75, 3.05) is 25.5 Å². The van der Waals surface area contributed by atoms with Crippen LogP contribution in [0.3, 0.4) is 0 Å². The third-order valence-corrected chi connectivity index (χ3v) is 2.57. The first-order valence-corrected chi connectivity index (χ1v) is 5.38. The zero-order chi connectivity index (χ0) is 12.0. The molecule has 1 rings (SSSR count). The van der Waals surface area contributed by atoms with Crippen LogP contribution < -0.4 is 16.0 Å². The Morgan fingerprint density at radius 2 is 2.00 bits per heavy atom. The van der Waals surface area contributed by atoms with Crippen molar-refractivity contribution in [3.8, 4) is 0 Å². The van der Waals surface area contributed by atoms with Crippen LogP contribution in [0.1, 0.15) is 12.0 Å². The summed E-state index contributed by atoms with van der Waals surface area (Å²) in [4.78, 5) is 13.1. The normalized spacial score (nSPS) is 9.94. The average molecular weight is 221 g/mol. The second kappa shape index (κ2) is 6.12. The third-order valence-electron chi connectivity index (χ3n) is 2.57. The van der Waals surface area contributed by atoms with Gasteiger partial charge >= 0.3 is 0 Å². The number of nitrogens with one attached hydrogen (secondary N) is 1. The van der Waals surface area contributed by atoms with Crippen molar-refractivity contribution in [3.63, 3.8) is 0 Å². The largest absolute Gasteiger partial charge is 0.374 e. The molecule has 16 heavy (non-hydrogen) atoms. The molecule has 1 amide bonds. The third kappa shape index (κ3) is 3.55. The van der Waals surface area contributed by atoms with E-state index in [4.69, 9.17) is 5.73 Å². The molecule has 1 aromatic carbocycles. The Hall–Kier alpha value is -1.55. The van der Waals surface area contributed by atoms with Crippen LogP contribution in [0.2, 0.25) is 0 Å². The first-order valence-electron chi connectivity index (χ1n) is 5.38. The fourth-order valence-corrected chi connectivity index (χ4v) is 1.41. The van der Waals surface area contributed by atoms with E-state index in [9.17, 15) is 4.79 Å². The Balaban J connectivity index is 2.52. The molecule has 4 heteroatoms. The van der Waals surface area contributed by atoms with Gasteiger partial charge < -0.3 is 16.0 Å². The Morgan fingerprint density at radius 1 is 1.38 bits per heavy atom. The average Bonchev–Trinajstić information content (AvgIpc) is 2.35. The van der Waals surface area contributed by atoms with Gasteiger partial charge in [-0.05, 0) is 17.7 Å². The maximum absolute atomic E-state index is 11.1. The molecule has 0 aliphatic carbocycles. The highest BCUT2D eigenvalue weighted by atomic mass is 16.1. The van der Waals surface area contributed by atoms with Gasteiger partial charge in [-0.2, -0.15) is 0 Å². The van der Waals surface area contributed by atoms with Crippen LogP contribution in [0.5, 0.6) is 0 Å². The molecule has 88 valence electrons. The quantitative estimate of drug-likeness (QED) is 0.770. The molecule has 0 atom stereocenters. The molecule has 0 heterocycles. The van der Waals surface area contributed by atoms with Crippen molar-refractivity contribution in [2.45, 2.75) is 13.0 Å². The number of nitrogens with zero attached hydrogens (tertiary/aromatic N) is 1. The summed E-state index contributed by atoms with van der Waals surface area (Å²) in [5, 5.41) is 2.61. The molecule has 0 unspecified atom stereocenters. The van der Waals surface area contributed by atoms with Crippen molar-refractivity contribution < 1.29 is 4.79 Å². The molecule has 0 aromatic heterocycles. The van der Waals surface area contributed by atoms with Gasteiger partial charge in [-0.25, -0.2) is 0 Å². The van der Waals surface area contributed by atoms with E-state index in [1.165, 1.54) is 0 Å². The summed E-state index contributed by atoms with van der Waals surface area (Å²) in [6.07, 6.45) is 0.506. The van der Waals surface area contributed by atoms with Gasteiger partial charge in [0.1, 0.15) is 0 Å². The molecule has 0 aliphatic rings. The molecule has 0 fully saturated rings. The second-order valence-electron chi connectivity index (χ2n) is 3.72. The van der Waals surface area contributed by atoms with Gasteiger partial charge in [0.15, 0.2) is 0 Å². The summed E-state index contributed by atoms with van der Waals surface area (Å²) >= 11 is 0. The summed E-state index contributed by atoms with van der Waals surface area (Å²) in [6, 6.07) is 8.05. The van der Waals surface area contributed by atoms with Crippen molar-refractivity contribution in [1.29, 1.82) is 0 Å². The summed E-state index contributed by atoms with van der Waals surface area (Å²) in [7, 11) is 3.62. The lowest BCUT2D eigenvalue weighted by Gasteiger charge is -2.19. The van der Waals surface area contributed by atoms with E-state index in [0.29, 0.717) is 19.5 Å². The van der Waals surface area contributed by atoms with Gasteiger partial charge in [-0.3, -0.25) is 4.79 Å². The number of rotatable bonds is 5. The molecule has 1 aromatic rings. The van der Waals surface area contributed by atoms with Gasteiger partial charge in [-0.15, -0.1) is 0 Å². The number of benzene rings is 1. The number of nitrogens with two attached hydrogens (primary N) is 1. The van der Waals surface area contributed by atoms with E-state index in [2.05, 4.69) is 10.2 Å². The van der Waals surface area contributed by atoms with Gasteiger partial charge in [0, 0.05) is 39.3 Å². The van der Waals surface area contributed by atoms with Gasteiger partial charge in [0.05, 0.1) is 0 Å². The summed E-state index contributed by atoms with van der Waals surface area (Å²) in [5.74, 6) is 0.0606. The van der Waals surface area contributed by atoms with E-state index in [-0.39, 0.29) is 5.91 Å². The van der Waals surface area contributed by atoms with E-state index in [1.807, 2.05) is 31.3 Å². The fraction of sp³-hybridized carbons (Fsp3) is 0.417. The molecular weight excluding hydrogens is 202 g/mol. The predicted octanol–water partition coefficient (Wildman–Crippen LogP) is 0.718. The Bertz CT molecular complexity index is 335. The monoisotopic (exact) mass is 221 g/mol. The standard InChI is InChI=1S/C12H19N3O/c1-14-12(16)7-8-15(2)11-5-3-10(9-13)4-6-11/h3-6H,7-9,13H2,1-2H3,(H,14,16).